The molecule has 0 bridgehead atoms. The summed E-state index contributed by atoms with van der Waals surface area (Å²) in [6.07, 6.45) is 1.65. The van der Waals surface area contributed by atoms with Gasteiger partial charge in [0.15, 0.2) is 0 Å². The molecule has 1 aliphatic rings. The summed E-state index contributed by atoms with van der Waals surface area (Å²) in [5.41, 5.74) is 7.00. The average molecular weight is 304 g/mol. The summed E-state index contributed by atoms with van der Waals surface area (Å²) in [7, 11) is 0. The molecule has 0 aliphatic carbocycles. The largest absolute Gasteiger partial charge is 0.397 e. The van der Waals surface area contributed by atoms with Crippen molar-refractivity contribution in [2.75, 3.05) is 36.8 Å². The molecule has 0 radical (unpaired) electrons. The average Bonchev–Trinajstić information content (AvgIpc) is 2.94. The maximum absolute atomic E-state index is 12.4. The van der Waals surface area contributed by atoms with E-state index in [4.69, 9.17) is 5.73 Å². The number of piperazine rings is 1. The number of rotatable bonds is 2. The first kappa shape index (κ1) is 13.7. The van der Waals surface area contributed by atoms with Crippen LogP contribution in [0.25, 0.3) is 0 Å². The van der Waals surface area contributed by atoms with Crippen LogP contribution in [0.2, 0.25) is 0 Å². The highest BCUT2D eigenvalue weighted by atomic mass is 32.1. The van der Waals surface area contributed by atoms with Crippen LogP contribution < -0.4 is 10.6 Å². The molecule has 1 aliphatic heterocycles. The highest BCUT2D eigenvalue weighted by Gasteiger charge is 2.25. The minimum absolute atomic E-state index is 0.0208. The van der Waals surface area contributed by atoms with Crippen LogP contribution in [0, 0.1) is 6.92 Å². The Labute approximate surface area is 126 Å². The monoisotopic (exact) mass is 304 g/mol. The standard InChI is InChI=1S/C13H16N6OS/c1-9-12(21-17-16-9)13(20)19-6-4-18(5-7-19)11-3-2-10(14)8-15-11/h2-3,8H,4-7,14H2,1H3. The highest BCUT2D eigenvalue weighted by molar-refractivity contribution is 7.07. The molecule has 1 amide bonds. The molecule has 0 unspecified atom stereocenters. The summed E-state index contributed by atoms with van der Waals surface area (Å²) >= 11 is 1.16. The number of hydrogen-bond donors (Lipinski definition) is 1. The maximum Gasteiger partial charge on any atom is 0.267 e. The van der Waals surface area contributed by atoms with Gasteiger partial charge in [-0.1, -0.05) is 4.49 Å². The van der Waals surface area contributed by atoms with Crippen LogP contribution in [0.3, 0.4) is 0 Å². The van der Waals surface area contributed by atoms with Crippen molar-refractivity contribution in [2.24, 2.45) is 0 Å². The van der Waals surface area contributed by atoms with Crippen molar-refractivity contribution in [3.05, 3.63) is 28.9 Å². The Balaban J connectivity index is 1.64. The van der Waals surface area contributed by atoms with E-state index in [1.165, 1.54) is 0 Å². The van der Waals surface area contributed by atoms with Crippen molar-refractivity contribution in [1.82, 2.24) is 19.5 Å². The number of carbonyl (C=O) groups excluding carboxylic acids is 1. The lowest BCUT2D eigenvalue weighted by molar-refractivity contribution is 0.0750. The molecule has 1 fully saturated rings. The number of pyridine rings is 1. The van der Waals surface area contributed by atoms with Gasteiger partial charge in [0.1, 0.15) is 10.7 Å². The van der Waals surface area contributed by atoms with Gasteiger partial charge < -0.3 is 15.5 Å². The van der Waals surface area contributed by atoms with E-state index >= 15 is 0 Å². The minimum atomic E-state index is 0.0208. The molecule has 7 nitrogen and oxygen atoms in total. The van der Waals surface area contributed by atoms with Gasteiger partial charge >= 0.3 is 0 Å². The molecular weight excluding hydrogens is 288 g/mol. The number of nitrogens with two attached hydrogens (primary N) is 1. The molecule has 0 atom stereocenters. The number of hydrogen-bond acceptors (Lipinski definition) is 7. The fraction of sp³-hybridized carbons (Fsp3) is 0.385. The van der Waals surface area contributed by atoms with E-state index in [2.05, 4.69) is 19.5 Å². The second kappa shape index (κ2) is 5.65. The predicted molar refractivity (Wildman–Crippen MR) is 81.4 cm³/mol. The van der Waals surface area contributed by atoms with Crippen LogP contribution in [-0.4, -0.2) is 51.6 Å². The fourth-order valence-electron chi connectivity index (χ4n) is 2.29. The van der Waals surface area contributed by atoms with E-state index < -0.39 is 0 Å². The van der Waals surface area contributed by atoms with Crippen LogP contribution in [0.1, 0.15) is 15.4 Å². The van der Waals surface area contributed by atoms with E-state index in [1.807, 2.05) is 24.0 Å². The SMILES string of the molecule is Cc1nnsc1C(=O)N1CCN(c2ccc(N)cn2)CC1. The summed E-state index contributed by atoms with van der Waals surface area (Å²) in [6, 6.07) is 3.75. The Hall–Kier alpha value is -2.22. The number of nitrogen functional groups attached to an aromatic ring is 1. The number of anilines is 2. The molecule has 110 valence electrons. The van der Waals surface area contributed by atoms with Crippen LogP contribution in [0.15, 0.2) is 18.3 Å². The summed E-state index contributed by atoms with van der Waals surface area (Å²) in [5, 5.41) is 3.89. The summed E-state index contributed by atoms with van der Waals surface area (Å²) in [6.45, 7) is 4.66. The van der Waals surface area contributed by atoms with Gasteiger partial charge in [-0.15, -0.1) is 5.10 Å². The van der Waals surface area contributed by atoms with Crippen molar-refractivity contribution in [2.45, 2.75) is 6.92 Å². The van der Waals surface area contributed by atoms with Gasteiger partial charge in [0.05, 0.1) is 17.6 Å². The van der Waals surface area contributed by atoms with Gasteiger partial charge in [-0.2, -0.15) is 0 Å². The molecule has 3 rings (SSSR count). The number of aromatic nitrogens is 3. The first-order valence-electron chi connectivity index (χ1n) is 6.70. The lowest BCUT2D eigenvalue weighted by Crippen LogP contribution is -2.49. The lowest BCUT2D eigenvalue weighted by Gasteiger charge is -2.35. The second-order valence-electron chi connectivity index (χ2n) is 4.92. The van der Waals surface area contributed by atoms with Crippen molar-refractivity contribution >= 4 is 28.9 Å². The third-order valence-corrected chi connectivity index (χ3v) is 4.32. The first-order valence-corrected chi connectivity index (χ1v) is 7.47. The zero-order chi connectivity index (χ0) is 14.8. The lowest BCUT2D eigenvalue weighted by atomic mass is 10.2. The normalized spacial score (nSPS) is 15.3. The van der Waals surface area contributed by atoms with Crippen LogP contribution in [0.5, 0.6) is 0 Å². The van der Waals surface area contributed by atoms with E-state index in [-0.39, 0.29) is 5.91 Å². The number of aryl methyl sites for hydroxylation is 1. The molecule has 0 aromatic carbocycles. The molecule has 3 heterocycles. The number of carbonyl (C=O) groups is 1. The van der Waals surface area contributed by atoms with Gasteiger partial charge in [-0.05, 0) is 30.6 Å². The third-order valence-electron chi connectivity index (χ3n) is 3.51. The maximum atomic E-state index is 12.4. The van der Waals surface area contributed by atoms with Crippen LogP contribution >= 0.6 is 11.5 Å². The Morgan fingerprint density at radius 2 is 2.05 bits per heavy atom. The molecule has 8 heteroatoms. The van der Waals surface area contributed by atoms with Crippen molar-refractivity contribution in [3.63, 3.8) is 0 Å². The smallest absolute Gasteiger partial charge is 0.267 e. The molecule has 21 heavy (non-hydrogen) atoms. The Bertz CT molecular complexity index is 632. The molecule has 0 spiro atoms. The minimum Gasteiger partial charge on any atom is -0.397 e. The Morgan fingerprint density at radius 3 is 2.62 bits per heavy atom. The molecule has 2 aromatic heterocycles. The fourth-order valence-corrected chi connectivity index (χ4v) is 2.92. The van der Waals surface area contributed by atoms with E-state index in [9.17, 15) is 4.79 Å². The Morgan fingerprint density at radius 1 is 1.29 bits per heavy atom. The molecule has 0 saturated carbocycles. The Kier molecular flexibility index (Phi) is 3.70. The zero-order valence-electron chi connectivity index (χ0n) is 11.7. The molecule has 1 saturated heterocycles. The van der Waals surface area contributed by atoms with Crippen molar-refractivity contribution in [1.29, 1.82) is 0 Å². The summed E-state index contributed by atoms with van der Waals surface area (Å²) in [4.78, 5) is 21.3. The van der Waals surface area contributed by atoms with Gasteiger partial charge in [0, 0.05) is 26.2 Å². The number of nitrogens with zero attached hydrogens (tertiary/aromatic N) is 5. The topological polar surface area (TPSA) is 88.2 Å². The van der Waals surface area contributed by atoms with Crippen LogP contribution in [0.4, 0.5) is 11.5 Å². The van der Waals surface area contributed by atoms with E-state index in [1.54, 1.807) is 6.20 Å². The summed E-state index contributed by atoms with van der Waals surface area (Å²) in [5.74, 6) is 0.916. The van der Waals surface area contributed by atoms with Crippen molar-refractivity contribution < 1.29 is 4.79 Å². The van der Waals surface area contributed by atoms with Gasteiger partial charge in [-0.3, -0.25) is 4.79 Å². The highest BCUT2D eigenvalue weighted by Crippen LogP contribution is 2.18. The zero-order valence-corrected chi connectivity index (χ0v) is 12.5. The molecule has 2 aromatic rings. The molecule has 2 N–H and O–H groups in total. The van der Waals surface area contributed by atoms with Crippen LogP contribution in [-0.2, 0) is 0 Å². The van der Waals surface area contributed by atoms with E-state index in [0.717, 1.165) is 30.4 Å². The molecular formula is C13H16N6OS. The second-order valence-corrected chi connectivity index (χ2v) is 5.67. The van der Waals surface area contributed by atoms with Gasteiger partial charge in [0.25, 0.3) is 5.91 Å². The third kappa shape index (κ3) is 2.80. The van der Waals surface area contributed by atoms with Crippen molar-refractivity contribution in [3.8, 4) is 0 Å². The first-order chi connectivity index (χ1) is 10.1. The number of amides is 1. The predicted octanol–water partition coefficient (Wildman–Crippen LogP) is 0.786. The summed E-state index contributed by atoms with van der Waals surface area (Å²) < 4.78 is 3.82. The van der Waals surface area contributed by atoms with E-state index in [0.29, 0.717) is 29.3 Å². The van der Waals surface area contributed by atoms with Gasteiger partial charge in [0.2, 0.25) is 0 Å². The van der Waals surface area contributed by atoms with Gasteiger partial charge in [-0.25, -0.2) is 4.98 Å². The quantitative estimate of drug-likeness (QED) is 0.882.